The fourth-order valence-electron chi connectivity index (χ4n) is 2.47. The van der Waals surface area contributed by atoms with Crippen LogP contribution in [0.25, 0.3) is 0 Å². The van der Waals surface area contributed by atoms with Crippen LogP contribution in [-0.2, 0) is 17.6 Å². The zero-order chi connectivity index (χ0) is 19.5. The van der Waals surface area contributed by atoms with E-state index < -0.39 is 0 Å². The summed E-state index contributed by atoms with van der Waals surface area (Å²) in [5.74, 6) is 0.247. The number of carbonyl (C=O) groups excluding carboxylic acids is 1. The lowest BCUT2D eigenvalue weighted by molar-refractivity contribution is -0.120. The second-order valence-electron chi connectivity index (χ2n) is 5.92. The van der Waals surface area contributed by atoms with Crippen molar-refractivity contribution in [3.05, 3.63) is 70.5 Å². The van der Waals surface area contributed by atoms with Crippen molar-refractivity contribution in [2.24, 2.45) is 4.99 Å². The smallest absolute Gasteiger partial charge is 0.224 e. The maximum Gasteiger partial charge on any atom is 0.224 e. The summed E-state index contributed by atoms with van der Waals surface area (Å²) < 4.78 is 12.9. The third-order valence-electron chi connectivity index (χ3n) is 3.89. The van der Waals surface area contributed by atoms with E-state index in [1.807, 2.05) is 24.3 Å². The molecule has 0 saturated heterocycles. The van der Waals surface area contributed by atoms with Gasteiger partial charge in [-0.05, 0) is 35.7 Å². The SMILES string of the molecule is CN=C(NCCNC(=O)Cc1ccc(F)cc1)NCCc1ccccc1Cl.I. The van der Waals surface area contributed by atoms with Gasteiger partial charge in [-0.1, -0.05) is 41.9 Å². The molecular formula is C20H25ClFIN4O. The van der Waals surface area contributed by atoms with Crippen molar-refractivity contribution >= 4 is 47.4 Å². The Kier molecular flexibility index (Phi) is 11.5. The van der Waals surface area contributed by atoms with Gasteiger partial charge in [0.1, 0.15) is 5.82 Å². The van der Waals surface area contributed by atoms with Crippen molar-refractivity contribution in [3.63, 3.8) is 0 Å². The van der Waals surface area contributed by atoms with E-state index in [1.165, 1.54) is 12.1 Å². The summed E-state index contributed by atoms with van der Waals surface area (Å²) in [5.41, 5.74) is 1.86. The highest BCUT2D eigenvalue weighted by Crippen LogP contribution is 2.14. The Hall–Kier alpha value is -1.87. The van der Waals surface area contributed by atoms with Crippen molar-refractivity contribution in [2.45, 2.75) is 12.8 Å². The number of nitrogens with zero attached hydrogens (tertiary/aromatic N) is 1. The van der Waals surface area contributed by atoms with E-state index in [-0.39, 0.29) is 42.1 Å². The number of guanidine groups is 1. The number of nitrogens with one attached hydrogen (secondary N) is 3. The number of rotatable bonds is 8. The van der Waals surface area contributed by atoms with Crippen LogP contribution in [0.5, 0.6) is 0 Å². The van der Waals surface area contributed by atoms with Gasteiger partial charge in [0.05, 0.1) is 6.42 Å². The maximum atomic E-state index is 12.9. The van der Waals surface area contributed by atoms with E-state index in [0.717, 1.165) is 22.6 Å². The van der Waals surface area contributed by atoms with Crippen molar-refractivity contribution in [2.75, 3.05) is 26.7 Å². The minimum absolute atomic E-state index is 0. The van der Waals surface area contributed by atoms with Crippen LogP contribution in [0.15, 0.2) is 53.5 Å². The highest BCUT2D eigenvalue weighted by atomic mass is 127. The molecule has 0 aromatic heterocycles. The zero-order valence-electron chi connectivity index (χ0n) is 15.7. The van der Waals surface area contributed by atoms with E-state index >= 15 is 0 Å². The molecule has 0 unspecified atom stereocenters. The van der Waals surface area contributed by atoms with Gasteiger partial charge in [-0.2, -0.15) is 0 Å². The summed E-state index contributed by atoms with van der Waals surface area (Å²) in [5, 5.41) is 9.92. The number of halogens is 3. The van der Waals surface area contributed by atoms with Crippen LogP contribution in [0.1, 0.15) is 11.1 Å². The molecule has 0 aliphatic heterocycles. The van der Waals surface area contributed by atoms with Crippen LogP contribution in [0.2, 0.25) is 5.02 Å². The second kappa shape index (κ2) is 13.3. The first kappa shape index (κ1) is 24.2. The standard InChI is InChI=1S/C20H24ClFN4O.HI/c1-23-20(25-11-10-16-4-2-3-5-18(16)21)26-13-12-24-19(27)14-15-6-8-17(22)9-7-15;/h2-9H,10-14H2,1H3,(H,24,27)(H2,23,25,26);1H. The molecule has 3 N–H and O–H groups in total. The van der Waals surface area contributed by atoms with Crippen LogP contribution in [0.3, 0.4) is 0 Å². The number of hydrogen-bond donors (Lipinski definition) is 3. The Bertz CT molecular complexity index is 771. The molecule has 0 fully saturated rings. The van der Waals surface area contributed by atoms with E-state index in [2.05, 4.69) is 20.9 Å². The number of hydrogen-bond acceptors (Lipinski definition) is 2. The molecule has 152 valence electrons. The molecule has 0 heterocycles. The minimum atomic E-state index is -0.309. The van der Waals surface area contributed by atoms with Gasteiger partial charge in [-0.25, -0.2) is 4.39 Å². The number of carbonyl (C=O) groups is 1. The molecule has 0 bridgehead atoms. The highest BCUT2D eigenvalue weighted by Gasteiger charge is 2.04. The van der Waals surface area contributed by atoms with Gasteiger partial charge in [-0.15, -0.1) is 24.0 Å². The molecule has 0 radical (unpaired) electrons. The van der Waals surface area contributed by atoms with Gasteiger partial charge in [0.15, 0.2) is 5.96 Å². The first-order valence-electron chi connectivity index (χ1n) is 8.77. The number of amides is 1. The molecule has 0 saturated carbocycles. The molecule has 1 amide bonds. The summed E-state index contributed by atoms with van der Waals surface area (Å²) >= 11 is 6.14. The molecule has 0 spiro atoms. The largest absolute Gasteiger partial charge is 0.356 e. The number of benzene rings is 2. The van der Waals surface area contributed by atoms with Crippen molar-refractivity contribution in [1.29, 1.82) is 0 Å². The first-order valence-corrected chi connectivity index (χ1v) is 9.15. The van der Waals surface area contributed by atoms with Gasteiger partial charge in [0.2, 0.25) is 5.91 Å². The van der Waals surface area contributed by atoms with Crippen molar-refractivity contribution in [1.82, 2.24) is 16.0 Å². The van der Waals surface area contributed by atoms with E-state index in [1.54, 1.807) is 19.2 Å². The Balaban J connectivity index is 0.00000392. The van der Waals surface area contributed by atoms with Gasteiger partial charge in [-0.3, -0.25) is 9.79 Å². The summed E-state index contributed by atoms with van der Waals surface area (Å²) in [7, 11) is 1.69. The molecule has 0 aliphatic carbocycles. The van der Waals surface area contributed by atoms with Crippen LogP contribution >= 0.6 is 35.6 Å². The van der Waals surface area contributed by atoms with Gasteiger partial charge < -0.3 is 16.0 Å². The van der Waals surface area contributed by atoms with Crippen LogP contribution in [0.4, 0.5) is 4.39 Å². The van der Waals surface area contributed by atoms with Gasteiger partial charge >= 0.3 is 0 Å². The second-order valence-corrected chi connectivity index (χ2v) is 6.33. The fraction of sp³-hybridized carbons (Fsp3) is 0.300. The highest BCUT2D eigenvalue weighted by molar-refractivity contribution is 14.0. The Morgan fingerprint density at radius 2 is 1.64 bits per heavy atom. The summed E-state index contributed by atoms with van der Waals surface area (Å²) in [6.07, 6.45) is 1.01. The average molecular weight is 519 g/mol. The van der Waals surface area contributed by atoms with Crippen molar-refractivity contribution < 1.29 is 9.18 Å². The topological polar surface area (TPSA) is 65.5 Å². The fourth-order valence-corrected chi connectivity index (χ4v) is 2.70. The quantitative estimate of drug-likeness (QED) is 0.218. The zero-order valence-corrected chi connectivity index (χ0v) is 18.8. The molecule has 5 nitrogen and oxygen atoms in total. The molecule has 8 heteroatoms. The van der Waals surface area contributed by atoms with Gasteiger partial charge in [0.25, 0.3) is 0 Å². The third-order valence-corrected chi connectivity index (χ3v) is 4.25. The lowest BCUT2D eigenvalue weighted by Crippen LogP contribution is -2.42. The Morgan fingerprint density at radius 1 is 1.00 bits per heavy atom. The lowest BCUT2D eigenvalue weighted by Gasteiger charge is -2.13. The molecule has 2 rings (SSSR count). The summed E-state index contributed by atoms with van der Waals surface area (Å²) in [6.45, 7) is 1.70. The van der Waals surface area contributed by atoms with Crippen LogP contribution < -0.4 is 16.0 Å². The monoisotopic (exact) mass is 518 g/mol. The van der Waals surface area contributed by atoms with E-state index in [0.29, 0.717) is 25.6 Å². The summed E-state index contributed by atoms with van der Waals surface area (Å²) in [4.78, 5) is 16.0. The number of aliphatic imine (C=N–C) groups is 1. The van der Waals surface area contributed by atoms with Gasteiger partial charge in [0, 0.05) is 31.7 Å². The predicted molar refractivity (Wildman–Crippen MR) is 123 cm³/mol. The Morgan fingerprint density at radius 3 is 2.32 bits per heavy atom. The predicted octanol–water partition coefficient (Wildman–Crippen LogP) is 3.16. The molecular weight excluding hydrogens is 494 g/mol. The normalized spacial score (nSPS) is 10.8. The van der Waals surface area contributed by atoms with Crippen LogP contribution in [0, 0.1) is 5.82 Å². The first-order chi connectivity index (χ1) is 13.1. The molecule has 2 aromatic rings. The maximum absolute atomic E-state index is 12.9. The molecule has 0 aliphatic rings. The molecule has 28 heavy (non-hydrogen) atoms. The Labute approximate surface area is 187 Å². The molecule has 0 atom stereocenters. The molecule has 2 aromatic carbocycles. The lowest BCUT2D eigenvalue weighted by atomic mass is 10.1. The summed E-state index contributed by atoms with van der Waals surface area (Å²) in [6, 6.07) is 13.7. The van der Waals surface area contributed by atoms with Crippen molar-refractivity contribution in [3.8, 4) is 0 Å². The van der Waals surface area contributed by atoms with Crippen LogP contribution in [-0.4, -0.2) is 38.5 Å². The van der Waals surface area contributed by atoms with E-state index in [9.17, 15) is 9.18 Å². The minimum Gasteiger partial charge on any atom is -0.356 e. The third kappa shape index (κ3) is 8.88. The average Bonchev–Trinajstić information content (AvgIpc) is 2.67. The van der Waals surface area contributed by atoms with E-state index in [4.69, 9.17) is 11.6 Å².